The van der Waals surface area contributed by atoms with Gasteiger partial charge in [-0.05, 0) is 49.1 Å². The molecule has 0 aliphatic carbocycles. The third kappa shape index (κ3) is 6.04. The van der Waals surface area contributed by atoms with Crippen LogP contribution in [0.15, 0.2) is 60.1 Å². The van der Waals surface area contributed by atoms with Gasteiger partial charge in [0.2, 0.25) is 0 Å². The summed E-state index contributed by atoms with van der Waals surface area (Å²) in [5, 5.41) is 7.07. The lowest BCUT2D eigenvalue weighted by molar-refractivity contribution is 0.0934. The number of aromatic amines is 1. The lowest BCUT2D eigenvalue weighted by Gasteiger charge is -2.21. The second-order valence-electron chi connectivity index (χ2n) is 8.58. The minimum Gasteiger partial charge on any atom is -0.497 e. The number of ether oxygens (including phenoxy) is 1. The first kappa shape index (κ1) is 24.0. The molecule has 0 aliphatic rings. The first-order chi connectivity index (χ1) is 16.6. The first-order valence-electron chi connectivity index (χ1n) is 11.7. The zero-order valence-corrected chi connectivity index (χ0v) is 20.8. The second kappa shape index (κ2) is 11.3. The maximum Gasteiger partial charge on any atom is 0.270 e. The zero-order valence-electron chi connectivity index (χ0n) is 20.0. The van der Waals surface area contributed by atoms with Crippen LogP contribution in [-0.4, -0.2) is 40.5 Å². The molecule has 34 heavy (non-hydrogen) atoms. The van der Waals surface area contributed by atoms with Crippen LogP contribution in [0.3, 0.4) is 0 Å². The molecular weight excluding hydrogens is 444 g/mol. The Morgan fingerprint density at radius 1 is 1.18 bits per heavy atom. The van der Waals surface area contributed by atoms with Gasteiger partial charge in [0.1, 0.15) is 16.5 Å². The lowest BCUT2D eigenvalue weighted by atomic mass is 10.1. The van der Waals surface area contributed by atoms with Crippen LogP contribution in [0.4, 0.5) is 0 Å². The quantitative estimate of drug-likeness (QED) is 0.304. The summed E-state index contributed by atoms with van der Waals surface area (Å²) in [6, 6.07) is 16.7. The van der Waals surface area contributed by atoms with Crippen LogP contribution >= 0.6 is 11.3 Å². The van der Waals surface area contributed by atoms with Crippen LogP contribution in [0.25, 0.3) is 10.9 Å². The fraction of sp³-hybridized carbons (Fsp3) is 0.333. The molecule has 0 saturated carbocycles. The average molecular weight is 477 g/mol. The summed E-state index contributed by atoms with van der Waals surface area (Å²) in [7, 11) is 1.68. The number of hydrogen-bond donors (Lipinski definition) is 2. The van der Waals surface area contributed by atoms with Crippen molar-refractivity contribution in [1.82, 2.24) is 20.2 Å². The highest BCUT2D eigenvalue weighted by atomic mass is 32.1. The van der Waals surface area contributed by atoms with Crippen LogP contribution in [0, 0.1) is 0 Å². The molecule has 0 aliphatic heterocycles. The molecule has 0 saturated heterocycles. The van der Waals surface area contributed by atoms with Crippen molar-refractivity contribution in [2.24, 2.45) is 0 Å². The molecule has 1 amide bonds. The molecule has 4 aromatic rings. The normalized spacial score (nSPS) is 12.2. The molecule has 2 aromatic carbocycles. The molecule has 6 nitrogen and oxygen atoms in total. The highest BCUT2D eigenvalue weighted by molar-refractivity contribution is 7.09. The molecule has 178 valence electrons. The fourth-order valence-electron chi connectivity index (χ4n) is 3.90. The molecule has 0 bridgehead atoms. The Morgan fingerprint density at radius 3 is 2.74 bits per heavy atom. The summed E-state index contributed by atoms with van der Waals surface area (Å²) < 4.78 is 5.30. The number of fused-ring (bicyclic) bond motifs is 1. The Balaban J connectivity index is 1.48. The van der Waals surface area contributed by atoms with Crippen molar-refractivity contribution in [2.75, 3.05) is 13.7 Å². The van der Waals surface area contributed by atoms with Crippen molar-refractivity contribution >= 4 is 28.1 Å². The Morgan fingerprint density at radius 2 is 1.97 bits per heavy atom. The van der Waals surface area contributed by atoms with E-state index in [0.717, 1.165) is 42.2 Å². The van der Waals surface area contributed by atoms with Crippen LogP contribution in [0.5, 0.6) is 5.75 Å². The summed E-state index contributed by atoms with van der Waals surface area (Å²) in [6.07, 6.45) is 3.93. The third-order valence-corrected chi connectivity index (χ3v) is 6.90. The highest BCUT2D eigenvalue weighted by Gasteiger charge is 2.16. The number of nitrogens with zero attached hydrogens (tertiary/aromatic N) is 2. The van der Waals surface area contributed by atoms with Crippen molar-refractivity contribution in [3.8, 4) is 5.75 Å². The van der Waals surface area contributed by atoms with E-state index in [4.69, 9.17) is 4.74 Å². The number of nitrogens with one attached hydrogen (secondary N) is 2. The molecule has 2 N–H and O–H groups in total. The standard InChI is InChI=1S/C27H32N4O2S/c1-4-19(2)29-27(32)25-18-34-26(30-25)17-31(16-20-9-11-22(33-3)12-10-20)14-13-21-15-28-24-8-6-5-7-23(21)24/h5-12,15,18-19,28H,4,13-14,16-17H2,1-3H3,(H,29,32). The van der Waals surface area contributed by atoms with Gasteiger partial charge in [-0.25, -0.2) is 4.98 Å². The largest absolute Gasteiger partial charge is 0.497 e. The second-order valence-corrected chi connectivity index (χ2v) is 9.52. The number of benzene rings is 2. The van der Waals surface area contributed by atoms with Gasteiger partial charge in [0.05, 0.1) is 13.7 Å². The van der Waals surface area contributed by atoms with Crippen LogP contribution in [0.1, 0.15) is 46.9 Å². The monoisotopic (exact) mass is 476 g/mol. The van der Waals surface area contributed by atoms with E-state index in [2.05, 4.69) is 69.7 Å². The van der Waals surface area contributed by atoms with Crippen LogP contribution in [0.2, 0.25) is 0 Å². The van der Waals surface area contributed by atoms with Crippen LogP contribution < -0.4 is 10.1 Å². The molecule has 0 radical (unpaired) electrons. The van der Waals surface area contributed by atoms with Gasteiger partial charge in [-0.15, -0.1) is 11.3 Å². The van der Waals surface area contributed by atoms with Gasteiger partial charge in [0, 0.05) is 41.6 Å². The number of hydrogen-bond acceptors (Lipinski definition) is 5. The molecule has 4 rings (SSSR count). The van der Waals surface area contributed by atoms with E-state index < -0.39 is 0 Å². The van der Waals surface area contributed by atoms with E-state index in [1.807, 2.05) is 24.4 Å². The van der Waals surface area contributed by atoms with Gasteiger partial charge >= 0.3 is 0 Å². The topological polar surface area (TPSA) is 70.2 Å². The van der Waals surface area contributed by atoms with Gasteiger partial charge in [0.25, 0.3) is 5.91 Å². The number of para-hydroxylation sites is 1. The third-order valence-electron chi connectivity index (χ3n) is 6.07. The van der Waals surface area contributed by atoms with Crippen molar-refractivity contribution < 1.29 is 9.53 Å². The van der Waals surface area contributed by atoms with Crippen molar-refractivity contribution in [2.45, 2.75) is 45.8 Å². The first-order valence-corrected chi connectivity index (χ1v) is 12.6. The number of carbonyl (C=O) groups is 1. The SMILES string of the molecule is CCC(C)NC(=O)c1csc(CN(CCc2c[nH]c3ccccc23)Cc2ccc(OC)cc2)n1. The summed E-state index contributed by atoms with van der Waals surface area (Å²) in [4.78, 5) is 22.9. The molecule has 1 unspecified atom stereocenters. The zero-order chi connectivity index (χ0) is 23.9. The molecule has 7 heteroatoms. The summed E-state index contributed by atoms with van der Waals surface area (Å²) in [6.45, 7) is 6.42. The predicted octanol–water partition coefficient (Wildman–Crippen LogP) is 5.41. The Hall–Kier alpha value is -3.16. The van der Waals surface area contributed by atoms with E-state index in [0.29, 0.717) is 12.2 Å². The van der Waals surface area contributed by atoms with Gasteiger partial charge in [-0.2, -0.15) is 0 Å². The van der Waals surface area contributed by atoms with Crippen molar-refractivity contribution in [3.63, 3.8) is 0 Å². The minimum atomic E-state index is -0.0997. The van der Waals surface area contributed by atoms with Gasteiger partial charge in [-0.1, -0.05) is 37.3 Å². The van der Waals surface area contributed by atoms with E-state index >= 15 is 0 Å². The minimum absolute atomic E-state index is 0.0997. The molecular formula is C27H32N4O2S. The summed E-state index contributed by atoms with van der Waals surface area (Å²) in [5.74, 6) is 0.753. The predicted molar refractivity (Wildman–Crippen MR) is 138 cm³/mol. The molecule has 0 fully saturated rings. The molecule has 2 aromatic heterocycles. The number of methoxy groups -OCH3 is 1. The average Bonchev–Trinajstić information content (AvgIpc) is 3.50. The lowest BCUT2D eigenvalue weighted by Crippen LogP contribution is -2.32. The fourth-order valence-corrected chi connectivity index (χ4v) is 4.71. The maximum absolute atomic E-state index is 12.5. The van der Waals surface area contributed by atoms with Crippen molar-refractivity contribution in [1.29, 1.82) is 0 Å². The summed E-state index contributed by atoms with van der Waals surface area (Å²) >= 11 is 1.54. The van der Waals surface area contributed by atoms with E-state index in [1.54, 1.807) is 18.4 Å². The number of carbonyl (C=O) groups excluding carboxylic acids is 1. The molecule has 2 heterocycles. The molecule has 0 spiro atoms. The van der Waals surface area contributed by atoms with E-state index in [9.17, 15) is 4.79 Å². The Labute approximate surface area is 205 Å². The Bertz CT molecular complexity index is 1210. The number of amides is 1. The maximum atomic E-state index is 12.5. The van der Waals surface area contributed by atoms with E-state index in [-0.39, 0.29) is 11.9 Å². The number of aromatic nitrogens is 2. The number of rotatable bonds is 11. The number of H-pyrrole nitrogens is 1. The Kier molecular flexibility index (Phi) is 7.98. The van der Waals surface area contributed by atoms with Gasteiger partial charge in [-0.3, -0.25) is 9.69 Å². The van der Waals surface area contributed by atoms with Crippen molar-refractivity contribution in [3.05, 3.63) is 81.9 Å². The van der Waals surface area contributed by atoms with E-state index in [1.165, 1.54) is 16.5 Å². The highest BCUT2D eigenvalue weighted by Crippen LogP contribution is 2.21. The number of thiazole rings is 1. The van der Waals surface area contributed by atoms with Gasteiger partial charge in [0.15, 0.2) is 0 Å². The van der Waals surface area contributed by atoms with Gasteiger partial charge < -0.3 is 15.0 Å². The smallest absolute Gasteiger partial charge is 0.270 e. The summed E-state index contributed by atoms with van der Waals surface area (Å²) in [5.41, 5.74) is 4.19. The van der Waals surface area contributed by atoms with Crippen LogP contribution in [-0.2, 0) is 19.5 Å². The molecule has 1 atom stereocenters.